The Morgan fingerprint density at radius 1 is 1.04 bits per heavy atom. The Morgan fingerprint density at radius 2 is 1.96 bits per heavy atom. The van der Waals surface area contributed by atoms with E-state index in [9.17, 15) is 0 Å². The minimum Gasteiger partial charge on any atom is -0.340 e. The van der Waals surface area contributed by atoms with Gasteiger partial charge >= 0.3 is 0 Å². The van der Waals surface area contributed by atoms with Crippen molar-refractivity contribution in [3.8, 4) is 9.88 Å². The molecule has 0 atom stereocenters. The van der Waals surface area contributed by atoms with Crippen LogP contribution in [0.4, 0.5) is 22.3 Å². The molecule has 6 nitrogen and oxygen atoms in total. The molecule has 4 aromatic rings. The number of rotatable bonds is 6. The number of hydrogen-bond acceptors (Lipinski definition) is 8. The van der Waals surface area contributed by atoms with Crippen molar-refractivity contribution in [1.29, 1.82) is 0 Å². The van der Waals surface area contributed by atoms with Crippen molar-refractivity contribution in [2.45, 2.75) is 20.3 Å². The minimum atomic E-state index is 0.772. The number of anilines is 4. The molecule has 0 aliphatic rings. The zero-order valence-electron chi connectivity index (χ0n) is 14.9. The number of aryl methyl sites for hydroxylation is 2. The van der Waals surface area contributed by atoms with Crippen molar-refractivity contribution in [1.82, 2.24) is 20.2 Å². The standard InChI is InChI=1S/C19H18N6S2/c1-3-13-6-7-14(22-17-9-12(2)20-11-21-17)10-15(13)23-19-25-24-18(27-19)16-5-4-8-26-16/h4-11H,3H2,1-2H3,(H,23,25)(H,20,21,22). The first-order chi connectivity index (χ1) is 13.2. The number of thiophene rings is 1. The molecule has 4 rings (SSSR count). The van der Waals surface area contributed by atoms with E-state index in [1.54, 1.807) is 29.0 Å². The maximum Gasteiger partial charge on any atom is 0.210 e. The zero-order chi connectivity index (χ0) is 18.6. The molecule has 0 aliphatic heterocycles. The van der Waals surface area contributed by atoms with Crippen molar-refractivity contribution in [2.24, 2.45) is 0 Å². The first-order valence-corrected chi connectivity index (χ1v) is 10.2. The summed E-state index contributed by atoms with van der Waals surface area (Å²) in [5, 5.41) is 19.1. The Kier molecular flexibility index (Phi) is 5.08. The number of benzene rings is 1. The van der Waals surface area contributed by atoms with Gasteiger partial charge in [-0.1, -0.05) is 30.4 Å². The highest BCUT2D eigenvalue weighted by molar-refractivity contribution is 7.22. The predicted octanol–water partition coefficient (Wildman–Crippen LogP) is 5.41. The Bertz CT molecular complexity index is 1040. The number of nitrogens with zero attached hydrogens (tertiary/aromatic N) is 4. The summed E-state index contributed by atoms with van der Waals surface area (Å²) in [5.41, 5.74) is 4.11. The molecule has 3 aromatic heterocycles. The fourth-order valence-corrected chi connectivity index (χ4v) is 4.19. The predicted molar refractivity (Wildman–Crippen MR) is 112 cm³/mol. The third-order valence-corrected chi connectivity index (χ3v) is 5.84. The van der Waals surface area contributed by atoms with Crippen LogP contribution in [0.3, 0.4) is 0 Å². The van der Waals surface area contributed by atoms with Crippen molar-refractivity contribution in [2.75, 3.05) is 10.6 Å². The first kappa shape index (κ1) is 17.6. The van der Waals surface area contributed by atoms with Gasteiger partial charge in [-0.15, -0.1) is 21.5 Å². The highest BCUT2D eigenvalue weighted by atomic mass is 32.1. The van der Waals surface area contributed by atoms with Gasteiger partial charge in [-0.25, -0.2) is 9.97 Å². The molecule has 2 N–H and O–H groups in total. The van der Waals surface area contributed by atoms with Gasteiger partial charge in [0.05, 0.1) is 4.88 Å². The normalized spacial score (nSPS) is 10.7. The van der Waals surface area contributed by atoms with Crippen LogP contribution in [0.1, 0.15) is 18.2 Å². The highest BCUT2D eigenvalue weighted by Crippen LogP contribution is 2.33. The Labute approximate surface area is 165 Å². The molecule has 0 saturated carbocycles. The van der Waals surface area contributed by atoms with E-state index in [0.717, 1.165) is 44.3 Å². The minimum absolute atomic E-state index is 0.772. The van der Waals surface area contributed by atoms with E-state index >= 15 is 0 Å². The molecule has 1 aromatic carbocycles. The van der Waals surface area contributed by atoms with Crippen LogP contribution < -0.4 is 10.6 Å². The van der Waals surface area contributed by atoms with Gasteiger partial charge < -0.3 is 10.6 Å². The van der Waals surface area contributed by atoms with Crippen molar-refractivity contribution in [3.63, 3.8) is 0 Å². The third kappa shape index (κ3) is 4.12. The lowest BCUT2D eigenvalue weighted by Gasteiger charge is -2.12. The van der Waals surface area contributed by atoms with Crippen LogP contribution in [-0.2, 0) is 6.42 Å². The van der Waals surface area contributed by atoms with E-state index < -0.39 is 0 Å². The van der Waals surface area contributed by atoms with Gasteiger partial charge in [-0.3, -0.25) is 0 Å². The molecule has 8 heteroatoms. The second-order valence-electron chi connectivity index (χ2n) is 5.91. The van der Waals surface area contributed by atoms with E-state index in [4.69, 9.17) is 0 Å². The fourth-order valence-electron chi connectivity index (χ4n) is 2.64. The van der Waals surface area contributed by atoms with Crippen molar-refractivity contribution >= 4 is 45.0 Å². The molecule has 3 heterocycles. The molecular formula is C19H18N6S2. The second-order valence-corrected chi connectivity index (χ2v) is 7.83. The number of nitrogens with one attached hydrogen (secondary N) is 2. The molecule has 0 fully saturated rings. The molecule has 0 unspecified atom stereocenters. The Balaban J connectivity index is 1.58. The van der Waals surface area contributed by atoms with E-state index in [1.807, 2.05) is 24.4 Å². The smallest absolute Gasteiger partial charge is 0.210 e. The molecule has 27 heavy (non-hydrogen) atoms. The van der Waals surface area contributed by atoms with Gasteiger partial charge in [-0.2, -0.15) is 0 Å². The van der Waals surface area contributed by atoms with Crippen LogP contribution >= 0.6 is 22.7 Å². The van der Waals surface area contributed by atoms with E-state index in [0.29, 0.717) is 0 Å². The average Bonchev–Trinajstić information content (AvgIpc) is 3.33. The van der Waals surface area contributed by atoms with Crippen LogP contribution in [0.2, 0.25) is 0 Å². The molecular weight excluding hydrogens is 376 g/mol. The summed E-state index contributed by atoms with van der Waals surface area (Å²) in [6, 6.07) is 12.2. The van der Waals surface area contributed by atoms with Crippen LogP contribution in [0.5, 0.6) is 0 Å². The quantitative estimate of drug-likeness (QED) is 0.455. The van der Waals surface area contributed by atoms with Gasteiger partial charge in [0.25, 0.3) is 0 Å². The highest BCUT2D eigenvalue weighted by Gasteiger charge is 2.10. The topological polar surface area (TPSA) is 75.6 Å². The van der Waals surface area contributed by atoms with Gasteiger partial charge in [0, 0.05) is 23.1 Å². The third-order valence-electron chi connectivity index (χ3n) is 3.97. The van der Waals surface area contributed by atoms with Crippen molar-refractivity contribution < 1.29 is 0 Å². The molecule has 0 bridgehead atoms. The van der Waals surface area contributed by atoms with Gasteiger partial charge in [0.1, 0.15) is 12.1 Å². The SMILES string of the molecule is CCc1ccc(Nc2cc(C)ncn2)cc1Nc1nnc(-c2cccs2)s1. The second kappa shape index (κ2) is 7.81. The maximum atomic E-state index is 4.29. The summed E-state index contributed by atoms with van der Waals surface area (Å²) in [7, 11) is 0. The van der Waals surface area contributed by atoms with Gasteiger partial charge in [0.15, 0.2) is 5.01 Å². The summed E-state index contributed by atoms with van der Waals surface area (Å²) in [6.45, 7) is 4.08. The average molecular weight is 395 g/mol. The molecule has 136 valence electrons. The van der Waals surface area contributed by atoms with E-state index in [2.05, 4.69) is 62.0 Å². The van der Waals surface area contributed by atoms with Crippen LogP contribution in [-0.4, -0.2) is 20.2 Å². The molecule has 0 aliphatic carbocycles. The summed E-state index contributed by atoms with van der Waals surface area (Å²) < 4.78 is 0. The summed E-state index contributed by atoms with van der Waals surface area (Å²) in [5.74, 6) is 0.772. The molecule has 0 radical (unpaired) electrons. The van der Waals surface area contributed by atoms with Crippen LogP contribution in [0.15, 0.2) is 48.1 Å². The lowest BCUT2D eigenvalue weighted by atomic mass is 10.1. The van der Waals surface area contributed by atoms with Crippen LogP contribution in [0.25, 0.3) is 9.88 Å². The number of aromatic nitrogens is 4. The summed E-state index contributed by atoms with van der Waals surface area (Å²) in [4.78, 5) is 9.52. The first-order valence-electron chi connectivity index (χ1n) is 8.54. The van der Waals surface area contributed by atoms with E-state index in [-0.39, 0.29) is 0 Å². The van der Waals surface area contributed by atoms with Gasteiger partial charge in [-0.05, 0) is 42.5 Å². The van der Waals surface area contributed by atoms with E-state index in [1.165, 1.54) is 5.56 Å². The fraction of sp³-hybridized carbons (Fsp3) is 0.158. The lowest BCUT2D eigenvalue weighted by Crippen LogP contribution is -1.99. The Hall–Kier alpha value is -2.84. The monoisotopic (exact) mass is 394 g/mol. The zero-order valence-corrected chi connectivity index (χ0v) is 16.6. The summed E-state index contributed by atoms with van der Waals surface area (Å²) >= 11 is 3.22. The lowest BCUT2D eigenvalue weighted by molar-refractivity contribution is 1.09. The van der Waals surface area contributed by atoms with Crippen LogP contribution in [0, 0.1) is 6.92 Å². The molecule has 0 amide bonds. The molecule has 0 spiro atoms. The largest absolute Gasteiger partial charge is 0.340 e. The van der Waals surface area contributed by atoms with Gasteiger partial charge in [0.2, 0.25) is 5.13 Å². The summed E-state index contributed by atoms with van der Waals surface area (Å²) in [6.07, 6.45) is 2.48. The maximum absolute atomic E-state index is 4.29. The van der Waals surface area contributed by atoms with Crippen molar-refractivity contribution in [3.05, 3.63) is 59.4 Å². The Morgan fingerprint density at radius 3 is 2.74 bits per heavy atom. The number of hydrogen-bond donors (Lipinski definition) is 2. The molecule has 0 saturated heterocycles.